The predicted molar refractivity (Wildman–Crippen MR) is 72.4 cm³/mol. The molecule has 0 aliphatic carbocycles. The van der Waals surface area contributed by atoms with E-state index in [4.69, 9.17) is 5.73 Å². The maximum atomic E-state index is 12.6. The first-order chi connectivity index (χ1) is 9.15. The predicted octanol–water partition coefficient (Wildman–Crippen LogP) is 3.02. The lowest BCUT2D eigenvalue weighted by Crippen LogP contribution is -2.24. The standard InChI is InChI=1S/C14H21F3N2O/c1-13(2,10-18)7-3-4-8-19-9-11(14(15,16)17)5-6-12(19)20/h5-6,9H,3-4,7-8,10,18H2,1-2H3. The maximum absolute atomic E-state index is 12.6. The topological polar surface area (TPSA) is 48.0 Å². The molecule has 0 bridgehead atoms. The van der Waals surface area contributed by atoms with Gasteiger partial charge in [0.2, 0.25) is 0 Å². The van der Waals surface area contributed by atoms with Crippen molar-refractivity contribution >= 4 is 0 Å². The third-order valence-electron chi connectivity index (χ3n) is 3.37. The van der Waals surface area contributed by atoms with Crippen LogP contribution in [0.15, 0.2) is 23.1 Å². The van der Waals surface area contributed by atoms with Gasteiger partial charge in [0.1, 0.15) is 0 Å². The van der Waals surface area contributed by atoms with Gasteiger partial charge in [-0.2, -0.15) is 13.2 Å². The van der Waals surface area contributed by atoms with E-state index < -0.39 is 17.3 Å². The van der Waals surface area contributed by atoms with Crippen molar-refractivity contribution in [1.82, 2.24) is 4.57 Å². The van der Waals surface area contributed by atoms with Crippen molar-refractivity contribution in [3.63, 3.8) is 0 Å². The largest absolute Gasteiger partial charge is 0.417 e. The fraction of sp³-hybridized carbons (Fsp3) is 0.643. The summed E-state index contributed by atoms with van der Waals surface area (Å²) in [5.74, 6) is 0. The lowest BCUT2D eigenvalue weighted by atomic mass is 9.87. The SMILES string of the molecule is CC(C)(CN)CCCCn1cc(C(F)(F)F)ccc1=O. The van der Waals surface area contributed by atoms with Crippen molar-refractivity contribution in [1.29, 1.82) is 0 Å². The van der Waals surface area contributed by atoms with E-state index in [2.05, 4.69) is 0 Å². The van der Waals surface area contributed by atoms with Gasteiger partial charge in [-0.1, -0.05) is 20.3 Å². The van der Waals surface area contributed by atoms with E-state index in [1.165, 1.54) is 0 Å². The van der Waals surface area contributed by atoms with Crippen LogP contribution >= 0.6 is 0 Å². The van der Waals surface area contributed by atoms with Crippen molar-refractivity contribution in [2.24, 2.45) is 11.1 Å². The van der Waals surface area contributed by atoms with E-state index in [0.29, 0.717) is 19.5 Å². The molecule has 0 spiro atoms. The Hall–Kier alpha value is -1.30. The molecule has 20 heavy (non-hydrogen) atoms. The number of alkyl halides is 3. The van der Waals surface area contributed by atoms with Crippen LogP contribution in [0.4, 0.5) is 13.2 Å². The molecule has 0 radical (unpaired) electrons. The van der Waals surface area contributed by atoms with Crippen LogP contribution in [0, 0.1) is 5.41 Å². The normalized spacial score (nSPS) is 12.7. The van der Waals surface area contributed by atoms with Gasteiger partial charge in [-0.25, -0.2) is 0 Å². The number of rotatable bonds is 6. The highest BCUT2D eigenvalue weighted by molar-refractivity contribution is 5.13. The van der Waals surface area contributed by atoms with Crippen LogP contribution in [0.25, 0.3) is 0 Å². The number of aromatic nitrogens is 1. The second-order valence-corrected chi connectivity index (χ2v) is 5.77. The molecular formula is C14H21F3N2O. The molecule has 1 aromatic heterocycles. The first-order valence-corrected chi connectivity index (χ1v) is 6.63. The molecule has 0 fully saturated rings. The molecule has 0 unspecified atom stereocenters. The van der Waals surface area contributed by atoms with Crippen molar-refractivity contribution in [2.45, 2.75) is 45.8 Å². The number of hydrogen-bond donors (Lipinski definition) is 1. The Kier molecular flexibility index (Phi) is 5.39. The van der Waals surface area contributed by atoms with Gasteiger partial charge < -0.3 is 10.3 Å². The number of unbranched alkanes of at least 4 members (excludes halogenated alkanes) is 1. The number of nitrogens with zero attached hydrogens (tertiary/aromatic N) is 1. The van der Waals surface area contributed by atoms with Gasteiger partial charge >= 0.3 is 6.18 Å². The van der Waals surface area contributed by atoms with Crippen LogP contribution in [0.1, 0.15) is 38.7 Å². The number of aryl methyl sites for hydroxylation is 1. The Morgan fingerprint density at radius 3 is 2.40 bits per heavy atom. The van der Waals surface area contributed by atoms with Gasteiger partial charge in [-0.15, -0.1) is 0 Å². The van der Waals surface area contributed by atoms with E-state index in [-0.39, 0.29) is 5.41 Å². The zero-order valence-electron chi connectivity index (χ0n) is 11.8. The second-order valence-electron chi connectivity index (χ2n) is 5.77. The van der Waals surface area contributed by atoms with Crippen LogP contribution in [-0.2, 0) is 12.7 Å². The smallest absolute Gasteiger partial charge is 0.330 e. The minimum absolute atomic E-state index is 0.0266. The summed E-state index contributed by atoms with van der Waals surface area (Å²) < 4.78 is 38.8. The van der Waals surface area contributed by atoms with E-state index in [1.54, 1.807) is 0 Å². The van der Waals surface area contributed by atoms with Crippen molar-refractivity contribution in [3.8, 4) is 0 Å². The monoisotopic (exact) mass is 290 g/mol. The molecule has 1 heterocycles. The van der Waals surface area contributed by atoms with Gasteiger partial charge in [0.05, 0.1) is 5.56 Å². The molecule has 6 heteroatoms. The molecular weight excluding hydrogens is 269 g/mol. The van der Waals surface area contributed by atoms with Crippen molar-refractivity contribution < 1.29 is 13.2 Å². The molecule has 3 nitrogen and oxygen atoms in total. The number of hydrogen-bond acceptors (Lipinski definition) is 2. The van der Waals surface area contributed by atoms with Crippen LogP contribution < -0.4 is 11.3 Å². The quantitative estimate of drug-likeness (QED) is 0.819. The average Bonchev–Trinajstić information content (AvgIpc) is 2.35. The summed E-state index contributed by atoms with van der Waals surface area (Å²) in [5.41, 5.74) is 4.44. The van der Waals surface area contributed by atoms with Gasteiger partial charge in [-0.3, -0.25) is 4.79 Å². The van der Waals surface area contributed by atoms with Crippen LogP contribution in [-0.4, -0.2) is 11.1 Å². The minimum Gasteiger partial charge on any atom is -0.330 e. The van der Waals surface area contributed by atoms with Gasteiger partial charge in [0.15, 0.2) is 0 Å². The lowest BCUT2D eigenvalue weighted by Gasteiger charge is -2.22. The lowest BCUT2D eigenvalue weighted by molar-refractivity contribution is -0.138. The van der Waals surface area contributed by atoms with Crippen molar-refractivity contribution in [3.05, 3.63) is 34.2 Å². The summed E-state index contributed by atoms with van der Waals surface area (Å²) in [6, 6.07) is 1.78. The Bertz CT molecular complexity index is 492. The van der Waals surface area contributed by atoms with E-state index in [1.807, 2.05) is 13.8 Å². The van der Waals surface area contributed by atoms with E-state index in [0.717, 1.165) is 35.7 Å². The summed E-state index contributed by atoms with van der Waals surface area (Å²) >= 11 is 0. The van der Waals surface area contributed by atoms with Gasteiger partial charge in [0, 0.05) is 18.8 Å². The van der Waals surface area contributed by atoms with E-state index >= 15 is 0 Å². The fourth-order valence-electron chi connectivity index (χ4n) is 1.86. The molecule has 1 aromatic rings. The highest BCUT2D eigenvalue weighted by Gasteiger charge is 2.30. The minimum atomic E-state index is -4.42. The van der Waals surface area contributed by atoms with Crippen molar-refractivity contribution in [2.75, 3.05) is 6.54 Å². The Morgan fingerprint density at radius 1 is 1.20 bits per heavy atom. The van der Waals surface area contributed by atoms with Gasteiger partial charge in [0.25, 0.3) is 5.56 Å². The molecule has 0 saturated carbocycles. The average molecular weight is 290 g/mol. The molecule has 0 aromatic carbocycles. The first-order valence-electron chi connectivity index (χ1n) is 6.63. The fourth-order valence-corrected chi connectivity index (χ4v) is 1.86. The highest BCUT2D eigenvalue weighted by Crippen LogP contribution is 2.28. The summed E-state index contributed by atoms with van der Waals surface area (Å²) in [6.07, 6.45) is -1.16. The number of halogens is 3. The van der Waals surface area contributed by atoms with Crippen LogP contribution in [0.5, 0.6) is 0 Å². The first kappa shape index (κ1) is 16.8. The molecule has 0 amide bonds. The summed E-state index contributed by atoms with van der Waals surface area (Å²) in [5, 5.41) is 0. The van der Waals surface area contributed by atoms with E-state index in [9.17, 15) is 18.0 Å². The van der Waals surface area contributed by atoms with Crippen LogP contribution in [0.3, 0.4) is 0 Å². The molecule has 0 atom stereocenters. The number of pyridine rings is 1. The molecule has 0 aliphatic heterocycles. The molecule has 2 N–H and O–H groups in total. The Balaban J connectivity index is 2.62. The molecule has 1 rings (SSSR count). The highest BCUT2D eigenvalue weighted by atomic mass is 19.4. The Labute approximate surface area is 116 Å². The molecule has 0 aliphatic rings. The molecule has 0 saturated heterocycles. The Morgan fingerprint density at radius 2 is 1.85 bits per heavy atom. The third-order valence-corrected chi connectivity index (χ3v) is 3.37. The van der Waals surface area contributed by atoms with Gasteiger partial charge in [-0.05, 0) is 30.9 Å². The number of nitrogens with two attached hydrogens (primary N) is 1. The second kappa shape index (κ2) is 6.43. The third kappa shape index (κ3) is 5.00. The summed E-state index contributed by atoms with van der Waals surface area (Å²) in [7, 11) is 0. The zero-order chi connectivity index (χ0) is 15.4. The summed E-state index contributed by atoms with van der Waals surface area (Å²) in [4.78, 5) is 11.5. The molecule has 114 valence electrons. The van der Waals surface area contributed by atoms with Crippen LogP contribution in [0.2, 0.25) is 0 Å². The summed E-state index contributed by atoms with van der Waals surface area (Å²) in [6.45, 7) is 4.95. The maximum Gasteiger partial charge on any atom is 0.417 e. The zero-order valence-corrected chi connectivity index (χ0v) is 11.8.